The molecule has 0 amide bonds. The number of carbonyl (C=O) groups is 1. The number of nitrogens with two attached hydrogens (primary N) is 1. The van der Waals surface area contributed by atoms with Crippen LogP contribution in [-0.2, 0) is 16.0 Å². The Labute approximate surface area is 213 Å². The van der Waals surface area contributed by atoms with Crippen LogP contribution in [0.1, 0.15) is 134 Å². The maximum Gasteiger partial charge on any atom is 0.323 e. The van der Waals surface area contributed by atoms with Crippen molar-refractivity contribution < 1.29 is 18.3 Å². The second-order valence-electron chi connectivity index (χ2n) is 10.1. The highest BCUT2D eigenvalue weighted by atomic mass is 19.1. The van der Waals surface area contributed by atoms with Crippen LogP contribution in [0.25, 0.3) is 0 Å². The molecule has 1 atom stereocenters. The summed E-state index contributed by atoms with van der Waals surface area (Å²) >= 11 is 0. The molecular weight excluding hydrogens is 444 g/mol. The van der Waals surface area contributed by atoms with Crippen LogP contribution in [0.2, 0.25) is 0 Å². The van der Waals surface area contributed by atoms with Gasteiger partial charge in [0.2, 0.25) is 0 Å². The van der Waals surface area contributed by atoms with Crippen LogP contribution in [0.3, 0.4) is 0 Å². The summed E-state index contributed by atoms with van der Waals surface area (Å²) in [5, 5.41) is 0. The van der Waals surface area contributed by atoms with Crippen molar-refractivity contribution in [1.82, 2.24) is 0 Å². The predicted octanol–water partition coefficient (Wildman–Crippen LogP) is 8.81. The highest BCUT2D eigenvalue weighted by molar-refractivity contribution is 5.75. The Hall–Kier alpha value is -1.49. The van der Waals surface area contributed by atoms with Gasteiger partial charge in [-0.1, -0.05) is 122 Å². The van der Waals surface area contributed by atoms with Gasteiger partial charge < -0.3 is 10.5 Å². The Balaban J connectivity index is 1.83. The highest BCUT2D eigenvalue weighted by Gasteiger charge is 2.16. The van der Waals surface area contributed by atoms with Crippen LogP contribution in [0.5, 0.6) is 0 Å². The minimum atomic E-state index is -0.906. The van der Waals surface area contributed by atoms with E-state index in [9.17, 15) is 13.6 Å². The van der Waals surface area contributed by atoms with Crippen molar-refractivity contribution in [2.24, 2.45) is 5.73 Å². The molecule has 0 saturated heterocycles. The molecular formula is C30H51F2NO2. The van der Waals surface area contributed by atoms with E-state index < -0.39 is 23.6 Å². The summed E-state index contributed by atoms with van der Waals surface area (Å²) in [5.41, 5.74) is 6.17. The summed E-state index contributed by atoms with van der Waals surface area (Å²) in [6.07, 6.45) is 25.1. The number of benzene rings is 1. The zero-order chi connectivity index (χ0) is 25.6. The normalized spacial score (nSPS) is 12.1. The maximum atomic E-state index is 13.2. The van der Waals surface area contributed by atoms with Crippen LogP contribution in [0, 0.1) is 11.6 Å². The van der Waals surface area contributed by atoms with Gasteiger partial charge in [0.1, 0.15) is 17.7 Å². The number of esters is 1. The van der Waals surface area contributed by atoms with Gasteiger partial charge in [0.15, 0.2) is 0 Å². The molecule has 0 spiro atoms. The van der Waals surface area contributed by atoms with Gasteiger partial charge >= 0.3 is 5.97 Å². The van der Waals surface area contributed by atoms with E-state index in [2.05, 4.69) is 6.92 Å². The van der Waals surface area contributed by atoms with Crippen LogP contribution in [-0.4, -0.2) is 18.6 Å². The molecule has 1 aromatic carbocycles. The van der Waals surface area contributed by atoms with Crippen molar-refractivity contribution in [3.05, 3.63) is 35.4 Å². The number of rotatable bonds is 23. The highest BCUT2D eigenvalue weighted by Crippen LogP contribution is 2.15. The molecule has 35 heavy (non-hydrogen) atoms. The van der Waals surface area contributed by atoms with Crippen LogP contribution in [0.15, 0.2) is 18.2 Å². The predicted molar refractivity (Wildman–Crippen MR) is 142 cm³/mol. The number of hydrogen-bond acceptors (Lipinski definition) is 3. The van der Waals surface area contributed by atoms with Crippen LogP contribution in [0.4, 0.5) is 8.78 Å². The Kier molecular flexibility index (Phi) is 19.6. The third kappa shape index (κ3) is 18.4. The first-order chi connectivity index (χ1) is 17.0. The molecule has 3 nitrogen and oxygen atoms in total. The molecule has 0 radical (unpaired) electrons. The summed E-state index contributed by atoms with van der Waals surface area (Å²) < 4.78 is 31.7. The van der Waals surface area contributed by atoms with E-state index in [-0.39, 0.29) is 6.42 Å². The molecule has 5 heteroatoms. The van der Waals surface area contributed by atoms with E-state index in [0.29, 0.717) is 12.2 Å². The molecule has 0 heterocycles. The molecule has 0 fully saturated rings. The molecule has 0 aliphatic carbocycles. The number of ether oxygens (including phenoxy) is 1. The third-order valence-corrected chi connectivity index (χ3v) is 6.67. The fourth-order valence-electron chi connectivity index (χ4n) is 4.53. The van der Waals surface area contributed by atoms with Crippen molar-refractivity contribution >= 4 is 5.97 Å². The van der Waals surface area contributed by atoms with Crippen molar-refractivity contribution in [2.75, 3.05) is 6.61 Å². The Morgan fingerprint density at radius 2 is 1.06 bits per heavy atom. The Morgan fingerprint density at radius 3 is 1.46 bits per heavy atom. The average Bonchev–Trinajstić information content (AvgIpc) is 2.82. The average molecular weight is 496 g/mol. The zero-order valence-corrected chi connectivity index (χ0v) is 22.3. The molecule has 0 aromatic heterocycles. The molecule has 1 rings (SSSR count). The SMILES string of the molecule is CCCCCCCCCCCCCCCCCCCCCOC(=O)[C@@H](N)Cc1cc(F)cc(F)c1. The second kappa shape index (κ2) is 21.8. The Morgan fingerprint density at radius 1 is 0.686 bits per heavy atom. The topological polar surface area (TPSA) is 52.3 Å². The van der Waals surface area contributed by atoms with Crippen LogP contribution >= 0.6 is 0 Å². The van der Waals surface area contributed by atoms with Crippen molar-refractivity contribution in [3.63, 3.8) is 0 Å². The minimum Gasteiger partial charge on any atom is -0.465 e. The van der Waals surface area contributed by atoms with Crippen molar-refractivity contribution in [2.45, 2.75) is 141 Å². The van der Waals surface area contributed by atoms with E-state index in [4.69, 9.17) is 10.5 Å². The standard InChI is InChI=1S/C30H51F2NO2/c1-2-3-4-5-6-7-8-9-10-11-12-13-14-15-16-17-18-19-20-21-35-30(34)29(33)24-26-22-27(31)25-28(32)23-26/h22-23,25,29H,2-21,24,33H2,1H3/t29-/m0/s1. The van der Waals surface area contributed by atoms with E-state index in [1.165, 1.54) is 115 Å². The smallest absolute Gasteiger partial charge is 0.323 e. The molecule has 0 aliphatic rings. The fourth-order valence-corrected chi connectivity index (χ4v) is 4.53. The van der Waals surface area contributed by atoms with E-state index in [1.807, 2.05) is 0 Å². The number of unbranched alkanes of at least 4 members (excludes halogenated alkanes) is 18. The summed E-state index contributed by atoms with van der Waals surface area (Å²) in [5.74, 6) is -1.86. The molecule has 2 N–H and O–H groups in total. The Bertz CT molecular complexity index is 633. The van der Waals surface area contributed by atoms with Crippen molar-refractivity contribution in [1.29, 1.82) is 0 Å². The first-order valence-corrected chi connectivity index (χ1v) is 14.4. The molecule has 0 bridgehead atoms. The lowest BCUT2D eigenvalue weighted by atomic mass is 10.0. The summed E-state index contributed by atoms with van der Waals surface area (Å²) in [7, 11) is 0. The monoisotopic (exact) mass is 495 g/mol. The summed E-state index contributed by atoms with van der Waals surface area (Å²) in [6.45, 7) is 2.62. The quantitative estimate of drug-likeness (QED) is 0.122. The van der Waals surface area contributed by atoms with E-state index >= 15 is 0 Å². The van der Waals surface area contributed by atoms with Gasteiger partial charge in [0, 0.05) is 6.07 Å². The first kappa shape index (κ1) is 31.5. The van der Waals surface area contributed by atoms with Crippen LogP contribution < -0.4 is 5.73 Å². The molecule has 0 unspecified atom stereocenters. The van der Waals surface area contributed by atoms with Gasteiger partial charge in [-0.2, -0.15) is 0 Å². The fraction of sp³-hybridized carbons (Fsp3) is 0.767. The number of carbonyl (C=O) groups excluding carboxylic acids is 1. The maximum absolute atomic E-state index is 13.2. The van der Waals surface area contributed by atoms with Gasteiger partial charge in [-0.3, -0.25) is 4.79 Å². The molecule has 1 aromatic rings. The van der Waals surface area contributed by atoms with Gasteiger partial charge in [-0.05, 0) is 30.5 Å². The lowest BCUT2D eigenvalue weighted by molar-refractivity contribution is -0.145. The summed E-state index contributed by atoms with van der Waals surface area (Å²) in [4.78, 5) is 12.0. The van der Waals surface area contributed by atoms with Gasteiger partial charge in [0.05, 0.1) is 6.61 Å². The minimum absolute atomic E-state index is 0.0622. The lowest BCUT2D eigenvalue weighted by Gasteiger charge is -2.12. The molecule has 202 valence electrons. The molecule has 0 aliphatic heterocycles. The zero-order valence-electron chi connectivity index (χ0n) is 22.3. The van der Waals surface area contributed by atoms with Gasteiger partial charge in [-0.15, -0.1) is 0 Å². The van der Waals surface area contributed by atoms with Crippen molar-refractivity contribution in [3.8, 4) is 0 Å². The summed E-state index contributed by atoms with van der Waals surface area (Å²) in [6, 6.07) is 2.27. The number of hydrogen-bond donors (Lipinski definition) is 1. The first-order valence-electron chi connectivity index (χ1n) is 14.4. The lowest BCUT2D eigenvalue weighted by Crippen LogP contribution is -2.34. The number of halogens is 2. The largest absolute Gasteiger partial charge is 0.465 e. The third-order valence-electron chi connectivity index (χ3n) is 6.67. The van der Waals surface area contributed by atoms with E-state index in [0.717, 1.165) is 25.3 Å². The van der Waals surface area contributed by atoms with E-state index in [1.54, 1.807) is 0 Å². The van der Waals surface area contributed by atoms with Gasteiger partial charge in [-0.25, -0.2) is 8.78 Å². The second-order valence-corrected chi connectivity index (χ2v) is 10.1. The molecule has 0 saturated carbocycles. The van der Waals surface area contributed by atoms with Gasteiger partial charge in [0.25, 0.3) is 0 Å².